The Bertz CT molecular complexity index is 252. The molecule has 0 spiro atoms. The van der Waals surface area contributed by atoms with E-state index in [1.165, 1.54) is 24.2 Å². The van der Waals surface area contributed by atoms with Crippen LogP contribution in [0.25, 0.3) is 0 Å². The fraction of sp³-hybridized carbons (Fsp3) is 0.143. The molecule has 1 rings (SSSR count). The summed E-state index contributed by atoms with van der Waals surface area (Å²) in [5.74, 6) is 0.239. The molecule has 0 saturated heterocycles. The second-order valence-corrected chi connectivity index (χ2v) is 2.82. The molecule has 0 N–H and O–H groups in total. The van der Waals surface area contributed by atoms with Crippen LogP contribution >= 0.6 is 11.8 Å². The minimum Gasteiger partial charge on any atom is -0.230 e. The summed E-state index contributed by atoms with van der Waals surface area (Å²) in [6, 6.07) is 1.30. The summed E-state index contributed by atoms with van der Waals surface area (Å²) in [4.78, 5) is 7.17. The van der Waals surface area contributed by atoms with E-state index < -0.39 is 5.95 Å². The molecule has 0 aliphatic carbocycles. The first-order chi connectivity index (χ1) is 5.33. The van der Waals surface area contributed by atoms with Crippen molar-refractivity contribution in [3.63, 3.8) is 0 Å². The Balaban J connectivity index is 2.63. The van der Waals surface area contributed by atoms with Crippen molar-refractivity contribution in [1.29, 1.82) is 0 Å². The van der Waals surface area contributed by atoms with Crippen LogP contribution in [0.3, 0.4) is 0 Å². The lowest BCUT2D eigenvalue weighted by atomic mass is 10.7. The van der Waals surface area contributed by atoms with Crippen LogP contribution in [-0.4, -0.2) is 15.7 Å². The molecule has 0 aromatic carbocycles. The highest BCUT2D eigenvalue weighted by molar-refractivity contribution is 7.99. The van der Waals surface area contributed by atoms with Crippen molar-refractivity contribution in [3.05, 3.63) is 31.0 Å². The number of hydrogen-bond donors (Lipinski definition) is 0. The number of thioether (sulfide) groups is 1. The lowest BCUT2D eigenvalue weighted by Crippen LogP contribution is -1.86. The molecule has 0 amide bonds. The second kappa shape index (κ2) is 4.08. The van der Waals surface area contributed by atoms with E-state index in [1.54, 1.807) is 6.08 Å². The van der Waals surface area contributed by atoms with Crippen LogP contribution < -0.4 is 0 Å². The van der Waals surface area contributed by atoms with E-state index >= 15 is 0 Å². The predicted molar refractivity (Wildman–Crippen MR) is 42.9 cm³/mol. The van der Waals surface area contributed by atoms with E-state index in [4.69, 9.17) is 0 Å². The standard InChI is InChI=1S/C7H7FN2S/c1-2-3-11-7-4-6(8)9-5-10-7/h2,4-5H,1,3H2. The lowest BCUT2D eigenvalue weighted by molar-refractivity contribution is 0.572. The zero-order valence-electron chi connectivity index (χ0n) is 5.83. The minimum atomic E-state index is -0.494. The van der Waals surface area contributed by atoms with Crippen molar-refractivity contribution in [2.45, 2.75) is 5.03 Å². The summed E-state index contributed by atoms with van der Waals surface area (Å²) < 4.78 is 12.4. The highest BCUT2D eigenvalue weighted by Gasteiger charge is 1.95. The van der Waals surface area contributed by atoms with Crippen LogP contribution in [-0.2, 0) is 0 Å². The summed E-state index contributed by atoms with van der Waals surface area (Å²) in [7, 11) is 0. The number of aromatic nitrogens is 2. The predicted octanol–water partition coefficient (Wildman–Crippen LogP) is 1.89. The van der Waals surface area contributed by atoms with Gasteiger partial charge in [0.25, 0.3) is 0 Å². The first-order valence-corrected chi connectivity index (χ1v) is 4.02. The van der Waals surface area contributed by atoms with Crippen molar-refractivity contribution < 1.29 is 4.39 Å². The maximum Gasteiger partial charge on any atom is 0.217 e. The van der Waals surface area contributed by atoms with Gasteiger partial charge < -0.3 is 0 Å². The zero-order valence-corrected chi connectivity index (χ0v) is 6.64. The van der Waals surface area contributed by atoms with Gasteiger partial charge in [0.05, 0.1) is 0 Å². The SMILES string of the molecule is C=CCSc1cc(F)ncn1. The van der Waals surface area contributed by atoms with E-state index in [1.807, 2.05) is 0 Å². The van der Waals surface area contributed by atoms with Gasteiger partial charge in [-0.3, -0.25) is 0 Å². The van der Waals surface area contributed by atoms with Crippen LogP contribution in [0.1, 0.15) is 0 Å². The van der Waals surface area contributed by atoms with Crippen LogP contribution in [0.4, 0.5) is 4.39 Å². The number of halogens is 1. The monoisotopic (exact) mass is 170 g/mol. The summed E-state index contributed by atoms with van der Waals surface area (Å²) in [6.07, 6.45) is 2.95. The Kier molecular flexibility index (Phi) is 3.04. The van der Waals surface area contributed by atoms with Crippen LogP contribution in [0.15, 0.2) is 30.1 Å². The van der Waals surface area contributed by atoms with Crippen LogP contribution in [0.5, 0.6) is 0 Å². The highest BCUT2D eigenvalue weighted by atomic mass is 32.2. The van der Waals surface area contributed by atoms with Crippen molar-refractivity contribution in [2.24, 2.45) is 0 Å². The van der Waals surface area contributed by atoms with Crippen molar-refractivity contribution in [2.75, 3.05) is 5.75 Å². The molecule has 0 atom stereocenters. The molecular formula is C7H7FN2S. The average molecular weight is 170 g/mol. The normalized spacial score (nSPS) is 9.55. The maximum absolute atomic E-state index is 12.4. The third kappa shape index (κ3) is 2.67. The van der Waals surface area contributed by atoms with Gasteiger partial charge in [-0.1, -0.05) is 6.08 Å². The van der Waals surface area contributed by atoms with E-state index in [0.717, 1.165) is 5.75 Å². The average Bonchev–Trinajstić information content (AvgIpc) is 2.01. The van der Waals surface area contributed by atoms with Crippen molar-refractivity contribution in [3.8, 4) is 0 Å². The molecule has 0 saturated carbocycles. The molecule has 2 nitrogen and oxygen atoms in total. The van der Waals surface area contributed by atoms with E-state index in [0.29, 0.717) is 5.03 Å². The third-order valence-electron chi connectivity index (χ3n) is 0.958. The Morgan fingerprint density at radius 3 is 3.09 bits per heavy atom. The van der Waals surface area contributed by atoms with Gasteiger partial charge in [0.2, 0.25) is 5.95 Å². The smallest absolute Gasteiger partial charge is 0.217 e. The molecule has 1 aromatic heterocycles. The summed E-state index contributed by atoms with van der Waals surface area (Å²) in [5.41, 5.74) is 0. The molecule has 0 unspecified atom stereocenters. The summed E-state index contributed by atoms with van der Waals surface area (Å²) in [5, 5.41) is 0.636. The van der Waals surface area contributed by atoms with Gasteiger partial charge in [-0.05, 0) is 0 Å². The van der Waals surface area contributed by atoms with Gasteiger partial charge in [0, 0.05) is 11.8 Å². The van der Waals surface area contributed by atoms with Gasteiger partial charge in [-0.2, -0.15) is 4.39 Å². The van der Waals surface area contributed by atoms with E-state index in [-0.39, 0.29) is 0 Å². The Hall–Kier alpha value is -0.900. The van der Waals surface area contributed by atoms with Gasteiger partial charge in [-0.25, -0.2) is 9.97 Å². The molecule has 0 bridgehead atoms. The van der Waals surface area contributed by atoms with Crippen molar-refractivity contribution in [1.82, 2.24) is 9.97 Å². The van der Waals surface area contributed by atoms with Gasteiger partial charge in [0.1, 0.15) is 11.4 Å². The Labute approximate surface area is 68.6 Å². The number of nitrogens with zero attached hydrogens (tertiary/aromatic N) is 2. The second-order valence-electron chi connectivity index (χ2n) is 1.78. The molecule has 58 valence electrons. The molecule has 0 aliphatic heterocycles. The largest absolute Gasteiger partial charge is 0.230 e. The summed E-state index contributed by atoms with van der Waals surface area (Å²) in [6.45, 7) is 3.54. The zero-order chi connectivity index (χ0) is 8.10. The molecule has 1 heterocycles. The van der Waals surface area contributed by atoms with E-state index in [2.05, 4.69) is 16.5 Å². The molecular weight excluding hydrogens is 163 g/mol. The van der Waals surface area contributed by atoms with Crippen LogP contribution in [0.2, 0.25) is 0 Å². The molecule has 0 aliphatic rings. The molecule has 4 heteroatoms. The first-order valence-electron chi connectivity index (χ1n) is 3.04. The number of rotatable bonds is 3. The fourth-order valence-corrected chi connectivity index (χ4v) is 1.13. The first kappa shape index (κ1) is 8.20. The van der Waals surface area contributed by atoms with E-state index in [9.17, 15) is 4.39 Å². The van der Waals surface area contributed by atoms with Crippen LogP contribution in [0, 0.1) is 5.95 Å². The third-order valence-corrected chi connectivity index (χ3v) is 1.88. The highest BCUT2D eigenvalue weighted by Crippen LogP contribution is 2.13. The Morgan fingerprint density at radius 2 is 2.45 bits per heavy atom. The minimum absolute atomic E-state index is 0.494. The lowest BCUT2D eigenvalue weighted by Gasteiger charge is -1.94. The quantitative estimate of drug-likeness (QED) is 0.393. The molecule has 1 aromatic rings. The van der Waals surface area contributed by atoms with Crippen molar-refractivity contribution >= 4 is 11.8 Å². The summed E-state index contributed by atoms with van der Waals surface area (Å²) >= 11 is 1.43. The van der Waals surface area contributed by atoms with Gasteiger partial charge in [-0.15, -0.1) is 18.3 Å². The molecule has 0 radical (unpaired) electrons. The van der Waals surface area contributed by atoms with Gasteiger partial charge >= 0.3 is 0 Å². The fourth-order valence-electron chi connectivity index (χ4n) is 0.541. The topological polar surface area (TPSA) is 25.8 Å². The molecule has 0 fully saturated rings. The van der Waals surface area contributed by atoms with Gasteiger partial charge in [0.15, 0.2) is 0 Å². The Morgan fingerprint density at radius 1 is 1.64 bits per heavy atom. The maximum atomic E-state index is 12.4. The number of hydrogen-bond acceptors (Lipinski definition) is 3. The molecule has 11 heavy (non-hydrogen) atoms.